The van der Waals surface area contributed by atoms with Crippen molar-refractivity contribution in [2.75, 3.05) is 7.11 Å². The van der Waals surface area contributed by atoms with Crippen molar-refractivity contribution in [3.63, 3.8) is 0 Å². The monoisotopic (exact) mass is 475 g/mol. The molecule has 5 rings (SSSR count). The Morgan fingerprint density at radius 2 is 2.03 bits per heavy atom. The van der Waals surface area contributed by atoms with Crippen LogP contribution in [0.15, 0.2) is 63.5 Å². The Hall–Kier alpha value is -3.43. The van der Waals surface area contributed by atoms with E-state index in [4.69, 9.17) is 10.1 Å². The minimum absolute atomic E-state index is 0.0462. The van der Waals surface area contributed by atoms with Crippen LogP contribution in [0.2, 0.25) is 0 Å². The molecular formula is C24H21N5O2S2. The highest BCUT2D eigenvalue weighted by atomic mass is 32.2. The molecule has 0 saturated carbocycles. The second-order valence-electron chi connectivity index (χ2n) is 7.63. The number of carbonyl (C=O) groups is 1. The lowest BCUT2D eigenvalue weighted by Gasteiger charge is -2.20. The molecular weight excluding hydrogens is 454 g/mol. The smallest absolute Gasteiger partial charge is 0.283 e. The third-order valence-electron chi connectivity index (χ3n) is 5.48. The van der Waals surface area contributed by atoms with Gasteiger partial charge in [-0.3, -0.25) is 10.2 Å². The van der Waals surface area contributed by atoms with Gasteiger partial charge in [-0.05, 0) is 66.9 Å². The molecule has 0 fully saturated rings. The molecule has 0 saturated heterocycles. The Morgan fingerprint density at radius 1 is 1.18 bits per heavy atom. The Balaban J connectivity index is 1.47. The average Bonchev–Trinajstić information content (AvgIpc) is 3.51. The van der Waals surface area contributed by atoms with Gasteiger partial charge in [-0.2, -0.15) is 15.1 Å². The summed E-state index contributed by atoms with van der Waals surface area (Å²) in [5.74, 6) is 0.399. The molecule has 2 aliphatic rings. The van der Waals surface area contributed by atoms with Crippen molar-refractivity contribution in [3.8, 4) is 11.4 Å². The van der Waals surface area contributed by atoms with Gasteiger partial charge < -0.3 is 9.30 Å². The molecule has 0 aliphatic carbocycles. The van der Waals surface area contributed by atoms with Gasteiger partial charge in [-0.25, -0.2) is 0 Å². The molecule has 0 bridgehead atoms. The highest BCUT2D eigenvalue weighted by molar-refractivity contribution is 8.27. The molecule has 1 amide bonds. The number of hydrogen-bond donors (Lipinski definition) is 1. The van der Waals surface area contributed by atoms with Crippen molar-refractivity contribution in [3.05, 3.63) is 75.2 Å². The standard InChI is InChI=1S/C24H21N5O2S2/c1-14-10-16(15(2)28(14)17-6-4-7-18(12-17)31-3)11-20-22(25)29-24(26-23(20)30)33-21(27-29)13-19-8-5-9-32-19/h4-12,25H,13H2,1-3H3/b20-11-,25-22?. The summed E-state index contributed by atoms with van der Waals surface area (Å²) in [6.07, 6.45) is 2.40. The number of thioether (sulfide) groups is 1. The second-order valence-corrected chi connectivity index (χ2v) is 9.71. The summed E-state index contributed by atoms with van der Waals surface area (Å²) in [7, 11) is 1.64. The normalized spacial score (nSPS) is 16.8. The van der Waals surface area contributed by atoms with Crippen molar-refractivity contribution in [1.29, 1.82) is 5.41 Å². The molecule has 1 N–H and O–H groups in total. The predicted molar refractivity (Wildman–Crippen MR) is 135 cm³/mol. The number of hydrazone groups is 1. The van der Waals surface area contributed by atoms with Crippen LogP contribution in [0.4, 0.5) is 0 Å². The van der Waals surface area contributed by atoms with Gasteiger partial charge in [0.25, 0.3) is 5.91 Å². The first-order valence-corrected chi connectivity index (χ1v) is 12.0. The Morgan fingerprint density at radius 3 is 2.79 bits per heavy atom. The van der Waals surface area contributed by atoms with Crippen LogP contribution in [0.3, 0.4) is 0 Å². The molecule has 0 atom stereocenters. The van der Waals surface area contributed by atoms with Crippen LogP contribution in [-0.4, -0.2) is 38.6 Å². The van der Waals surface area contributed by atoms with Crippen LogP contribution in [0.25, 0.3) is 11.8 Å². The van der Waals surface area contributed by atoms with Gasteiger partial charge in [0.1, 0.15) is 10.8 Å². The van der Waals surface area contributed by atoms with E-state index in [2.05, 4.69) is 14.7 Å². The van der Waals surface area contributed by atoms with Crippen LogP contribution in [-0.2, 0) is 11.2 Å². The molecule has 0 radical (unpaired) electrons. The highest BCUT2D eigenvalue weighted by Crippen LogP contribution is 2.31. The van der Waals surface area contributed by atoms with Gasteiger partial charge in [-0.1, -0.05) is 12.1 Å². The zero-order chi connectivity index (χ0) is 23.1. The molecule has 2 aromatic heterocycles. The van der Waals surface area contributed by atoms with E-state index in [1.54, 1.807) is 24.5 Å². The fourth-order valence-corrected chi connectivity index (χ4v) is 5.61. The molecule has 166 valence electrons. The zero-order valence-corrected chi connectivity index (χ0v) is 20.0. The maximum absolute atomic E-state index is 12.8. The van der Waals surface area contributed by atoms with Crippen LogP contribution >= 0.6 is 23.1 Å². The van der Waals surface area contributed by atoms with Crippen molar-refractivity contribution in [2.24, 2.45) is 10.1 Å². The predicted octanol–water partition coefficient (Wildman–Crippen LogP) is 5.03. The van der Waals surface area contributed by atoms with Gasteiger partial charge in [-0.15, -0.1) is 11.3 Å². The lowest BCUT2D eigenvalue weighted by atomic mass is 10.1. The molecule has 3 aromatic rings. The van der Waals surface area contributed by atoms with Gasteiger partial charge in [0.2, 0.25) is 5.17 Å². The summed E-state index contributed by atoms with van der Waals surface area (Å²) in [6, 6.07) is 13.9. The number of aryl methyl sites for hydroxylation is 1. The summed E-state index contributed by atoms with van der Waals surface area (Å²) < 4.78 is 7.46. The first-order valence-electron chi connectivity index (χ1n) is 10.3. The molecule has 33 heavy (non-hydrogen) atoms. The summed E-state index contributed by atoms with van der Waals surface area (Å²) in [5, 5.41) is 18.0. The van der Waals surface area contributed by atoms with Crippen LogP contribution in [0.5, 0.6) is 5.75 Å². The van der Waals surface area contributed by atoms with E-state index in [-0.39, 0.29) is 11.4 Å². The summed E-state index contributed by atoms with van der Waals surface area (Å²) in [5.41, 5.74) is 4.03. The SMILES string of the molecule is COc1cccc(-n2c(C)cc(/C=C3/C(=N)N4N=C(Cc5cccs5)SC4=NC3=O)c2C)c1. The lowest BCUT2D eigenvalue weighted by Crippen LogP contribution is -2.35. The molecule has 0 unspecified atom stereocenters. The lowest BCUT2D eigenvalue weighted by molar-refractivity contribution is -0.114. The number of nitrogens with one attached hydrogen (secondary N) is 1. The number of rotatable bonds is 5. The number of methoxy groups -OCH3 is 1. The number of benzene rings is 1. The fraction of sp³-hybridized carbons (Fsp3) is 0.167. The van der Waals surface area contributed by atoms with Gasteiger partial charge in [0.15, 0.2) is 5.84 Å². The highest BCUT2D eigenvalue weighted by Gasteiger charge is 2.35. The maximum Gasteiger partial charge on any atom is 0.283 e. The van der Waals surface area contributed by atoms with Crippen LogP contribution in [0.1, 0.15) is 21.8 Å². The molecule has 4 heterocycles. The first-order chi connectivity index (χ1) is 15.9. The third kappa shape index (κ3) is 3.94. The van der Waals surface area contributed by atoms with E-state index in [0.29, 0.717) is 11.6 Å². The third-order valence-corrected chi connectivity index (χ3v) is 7.27. The number of fused-ring (bicyclic) bond motifs is 1. The molecule has 9 heteroatoms. The number of amidine groups is 2. The van der Waals surface area contributed by atoms with E-state index >= 15 is 0 Å². The number of amides is 1. The molecule has 7 nitrogen and oxygen atoms in total. The molecule has 1 aromatic carbocycles. The van der Waals surface area contributed by atoms with Crippen LogP contribution in [0, 0.1) is 19.3 Å². The van der Waals surface area contributed by atoms with Gasteiger partial charge in [0, 0.05) is 34.4 Å². The summed E-state index contributed by atoms with van der Waals surface area (Å²) >= 11 is 3.00. The van der Waals surface area contributed by atoms with Crippen molar-refractivity contribution in [1.82, 2.24) is 9.58 Å². The Labute approximate surface area is 199 Å². The van der Waals surface area contributed by atoms with E-state index < -0.39 is 5.91 Å². The fourth-order valence-electron chi connectivity index (χ4n) is 3.90. The van der Waals surface area contributed by atoms with E-state index in [0.717, 1.165) is 33.4 Å². The summed E-state index contributed by atoms with van der Waals surface area (Å²) in [4.78, 5) is 18.2. The number of hydrogen-bond acceptors (Lipinski definition) is 6. The quantitative estimate of drug-likeness (QED) is 0.525. The average molecular weight is 476 g/mol. The number of thiophene rings is 1. The number of carbonyl (C=O) groups excluding carboxylic acids is 1. The Bertz CT molecular complexity index is 1370. The van der Waals surface area contributed by atoms with Gasteiger partial charge >= 0.3 is 0 Å². The van der Waals surface area contributed by atoms with Crippen molar-refractivity contribution >= 4 is 51.1 Å². The summed E-state index contributed by atoms with van der Waals surface area (Å²) in [6.45, 7) is 4.00. The minimum atomic E-state index is -0.419. The van der Waals surface area contributed by atoms with E-state index in [9.17, 15) is 4.79 Å². The number of aliphatic imine (C=N–C) groups is 1. The Kier molecular flexibility index (Phi) is 5.51. The first kappa shape index (κ1) is 21.4. The van der Waals surface area contributed by atoms with Crippen molar-refractivity contribution < 1.29 is 9.53 Å². The molecule has 2 aliphatic heterocycles. The van der Waals surface area contributed by atoms with E-state index in [1.807, 2.05) is 61.7 Å². The number of aromatic nitrogens is 1. The minimum Gasteiger partial charge on any atom is -0.497 e. The van der Waals surface area contributed by atoms with E-state index in [1.165, 1.54) is 21.6 Å². The van der Waals surface area contributed by atoms with Gasteiger partial charge in [0.05, 0.1) is 12.7 Å². The van der Waals surface area contributed by atoms with Crippen molar-refractivity contribution in [2.45, 2.75) is 20.3 Å². The largest absolute Gasteiger partial charge is 0.497 e. The number of ether oxygens (including phenoxy) is 1. The number of nitrogens with zero attached hydrogens (tertiary/aromatic N) is 4. The second kappa shape index (κ2) is 8.49. The van der Waals surface area contributed by atoms with Crippen LogP contribution < -0.4 is 4.74 Å². The maximum atomic E-state index is 12.8. The molecule has 0 spiro atoms. The topological polar surface area (TPSA) is 83.0 Å². The zero-order valence-electron chi connectivity index (χ0n) is 18.3.